The molecule has 0 spiro atoms. The summed E-state index contributed by atoms with van der Waals surface area (Å²) < 4.78 is 5.32. The van der Waals surface area contributed by atoms with Crippen LogP contribution >= 0.6 is 11.3 Å². The van der Waals surface area contributed by atoms with Crippen molar-refractivity contribution < 1.29 is 0 Å². The molecule has 0 saturated carbocycles. The Kier molecular flexibility index (Phi) is 3.05. The highest BCUT2D eigenvalue weighted by atomic mass is 32.1. The van der Waals surface area contributed by atoms with E-state index in [1.54, 1.807) is 11.3 Å². The molecule has 3 heterocycles. The smallest absolute Gasteiger partial charge is 0.130 e. The van der Waals surface area contributed by atoms with Crippen LogP contribution in [0.15, 0.2) is 60.7 Å². The Morgan fingerprint density at radius 2 is 1.28 bits per heavy atom. The quantitative estimate of drug-likeness (QED) is 0.449. The normalized spacial score (nSPS) is 11.6. The number of rotatable bonds is 2. The first-order valence-electron chi connectivity index (χ1n) is 8.22. The van der Waals surface area contributed by atoms with Crippen LogP contribution < -0.4 is 0 Å². The maximum absolute atomic E-state index is 4.80. The van der Waals surface area contributed by atoms with Crippen molar-refractivity contribution in [2.24, 2.45) is 0 Å². The first-order valence-corrected chi connectivity index (χ1v) is 9.04. The molecule has 5 rings (SSSR count). The van der Waals surface area contributed by atoms with Crippen LogP contribution in [0.1, 0.15) is 11.4 Å². The van der Waals surface area contributed by atoms with Gasteiger partial charge < -0.3 is 0 Å². The Morgan fingerprint density at radius 3 is 1.92 bits per heavy atom. The second-order valence-electron chi connectivity index (χ2n) is 6.13. The van der Waals surface area contributed by atoms with E-state index >= 15 is 0 Å². The van der Waals surface area contributed by atoms with Crippen LogP contribution in [0.2, 0.25) is 0 Å². The molecular formula is C20H16N4S. The number of fused-ring (bicyclic) bond motifs is 3. The van der Waals surface area contributed by atoms with Crippen LogP contribution in [0.4, 0.5) is 0 Å². The minimum Gasteiger partial charge on any atom is -0.231 e. The Hall–Kier alpha value is -2.92. The number of hydrogen-bond acceptors (Lipinski definition) is 3. The van der Waals surface area contributed by atoms with Crippen LogP contribution in [0.3, 0.4) is 0 Å². The molecule has 0 N–H and O–H groups in total. The van der Waals surface area contributed by atoms with Gasteiger partial charge in [0.1, 0.15) is 4.83 Å². The van der Waals surface area contributed by atoms with E-state index in [0.29, 0.717) is 0 Å². The van der Waals surface area contributed by atoms with Crippen LogP contribution in [-0.4, -0.2) is 19.6 Å². The highest BCUT2D eigenvalue weighted by Crippen LogP contribution is 2.39. The SMILES string of the molecule is Cc1nn(-c2ccccc2)c2c1sc1c2c(C)nn1-c1ccccc1. The lowest BCUT2D eigenvalue weighted by molar-refractivity contribution is 0.890. The van der Waals surface area contributed by atoms with E-state index in [9.17, 15) is 0 Å². The standard InChI is InChI=1S/C20H16N4S/c1-13-17-18-19(14(2)22-23(18)15-9-5-3-6-10-15)25-20(17)24(21-13)16-11-7-4-8-12-16/h3-12H,1-2H3. The maximum Gasteiger partial charge on any atom is 0.130 e. The molecule has 0 aliphatic heterocycles. The summed E-state index contributed by atoms with van der Waals surface area (Å²) in [6, 6.07) is 20.6. The summed E-state index contributed by atoms with van der Waals surface area (Å²) in [6.07, 6.45) is 0. The molecule has 5 heteroatoms. The number of aryl methyl sites for hydroxylation is 2. The zero-order chi connectivity index (χ0) is 17.0. The molecule has 0 amide bonds. The van der Waals surface area contributed by atoms with Gasteiger partial charge in [-0.1, -0.05) is 36.4 Å². The van der Waals surface area contributed by atoms with Crippen molar-refractivity contribution in [2.45, 2.75) is 13.8 Å². The third-order valence-electron chi connectivity index (χ3n) is 4.46. The summed E-state index contributed by atoms with van der Waals surface area (Å²) in [4.78, 5) is 1.17. The van der Waals surface area contributed by atoms with E-state index in [1.165, 1.54) is 14.9 Å². The van der Waals surface area contributed by atoms with Gasteiger partial charge in [-0.15, -0.1) is 11.3 Å². The predicted molar refractivity (Wildman–Crippen MR) is 103 cm³/mol. The zero-order valence-corrected chi connectivity index (χ0v) is 14.8. The third-order valence-corrected chi connectivity index (χ3v) is 5.72. The molecule has 3 aromatic heterocycles. The number of hydrogen-bond donors (Lipinski definition) is 0. The highest BCUT2D eigenvalue weighted by Gasteiger charge is 2.21. The van der Waals surface area contributed by atoms with E-state index < -0.39 is 0 Å². The van der Waals surface area contributed by atoms with Gasteiger partial charge >= 0.3 is 0 Å². The highest BCUT2D eigenvalue weighted by molar-refractivity contribution is 7.25. The van der Waals surface area contributed by atoms with Crippen molar-refractivity contribution in [2.75, 3.05) is 0 Å². The fourth-order valence-corrected chi connectivity index (χ4v) is 4.57. The molecule has 4 nitrogen and oxygen atoms in total. The molecule has 0 atom stereocenters. The molecule has 0 aliphatic carbocycles. The number of thiophene rings is 1. The fourth-order valence-electron chi connectivity index (χ4n) is 3.32. The van der Waals surface area contributed by atoms with Gasteiger partial charge in [0.25, 0.3) is 0 Å². The average molecular weight is 344 g/mol. The molecule has 0 saturated heterocycles. The Morgan fingerprint density at radius 1 is 0.720 bits per heavy atom. The summed E-state index contributed by atoms with van der Waals surface area (Å²) in [6.45, 7) is 4.15. The first-order chi connectivity index (χ1) is 12.2. The number of para-hydroxylation sites is 2. The summed E-state index contributed by atoms with van der Waals surface area (Å²) >= 11 is 1.76. The van der Waals surface area contributed by atoms with Crippen molar-refractivity contribution >= 4 is 31.8 Å². The van der Waals surface area contributed by atoms with Gasteiger partial charge in [0, 0.05) is 0 Å². The van der Waals surface area contributed by atoms with Crippen molar-refractivity contribution in [3.8, 4) is 11.4 Å². The second kappa shape index (κ2) is 5.29. The van der Waals surface area contributed by atoms with Gasteiger partial charge in [-0.25, -0.2) is 9.36 Å². The number of benzene rings is 2. The lowest BCUT2D eigenvalue weighted by Crippen LogP contribution is -1.96. The van der Waals surface area contributed by atoms with E-state index in [-0.39, 0.29) is 0 Å². The number of aromatic nitrogens is 4. The third kappa shape index (κ3) is 2.06. The van der Waals surface area contributed by atoms with E-state index in [0.717, 1.165) is 28.3 Å². The van der Waals surface area contributed by atoms with E-state index in [4.69, 9.17) is 10.2 Å². The van der Waals surface area contributed by atoms with Crippen LogP contribution in [-0.2, 0) is 0 Å². The summed E-state index contributed by atoms with van der Waals surface area (Å²) in [5.74, 6) is 0. The Balaban J connectivity index is 1.88. The summed E-state index contributed by atoms with van der Waals surface area (Å²) in [7, 11) is 0. The Labute approximate surface area is 148 Å². The predicted octanol–water partition coefficient (Wildman–Crippen LogP) is 5.04. The summed E-state index contributed by atoms with van der Waals surface area (Å²) in [5.41, 5.74) is 5.40. The van der Waals surface area contributed by atoms with Gasteiger partial charge in [0.15, 0.2) is 0 Å². The van der Waals surface area contributed by atoms with Gasteiger partial charge in [-0.2, -0.15) is 10.2 Å². The maximum atomic E-state index is 4.80. The van der Waals surface area contributed by atoms with Crippen molar-refractivity contribution in [1.29, 1.82) is 0 Å². The van der Waals surface area contributed by atoms with Crippen LogP contribution in [0, 0.1) is 13.8 Å². The second-order valence-corrected chi connectivity index (χ2v) is 7.12. The zero-order valence-electron chi connectivity index (χ0n) is 14.0. The van der Waals surface area contributed by atoms with Crippen LogP contribution in [0.25, 0.3) is 31.8 Å². The molecule has 0 unspecified atom stereocenters. The summed E-state index contributed by atoms with van der Waals surface area (Å²) in [5, 5.41) is 10.8. The van der Waals surface area contributed by atoms with Gasteiger partial charge in [0.05, 0.1) is 38.4 Å². The molecule has 2 aromatic carbocycles. The van der Waals surface area contributed by atoms with Crippen molar-refractivity contribution in [3.63, 3.8) is 0 Å². The first kappa shape index (κ1) is 14.4. The lowest BCUT2D eigenvalue weighted by atomic mass is 10.2. The lowest BCUT2D eigenvalue weighted by Gasteiger charge is -2.02. The monoisotopic (exact) mass is 344 g/mol. The number of nitrogens with zero attached hydrogens (tertiary/aromatic N) is 4. The minimum absolute atomic E-state index is 1.03. The molecule has 25 heavy (non-hydrogen) atoms. The topological polar surface area (TPSA) is 35.6 Å². The largest absolute Gasteiger partial charge is 0.231 e. The Bertz CT molecular complexity index is 1200. The van der Waals surface area contributed by atoms with E-state index in [2.05, 4.69) is 38.1 Å². The minimum atomic E-state index is 1.03. The van der Waals surface area contributed by atoms with Gasteiger partial charge in [-0.05, 0) is 38.1 Å². The van der Waals surface area contributed by atoms with Gasteiger partial charge in [0.2, 0.25) is 0 Å². The molecule has 122 valence electrons. The molecule has 0 aliphatic rings. The van der Waals surface area contributed by atoms with Crippen molar-refractivity contribution in [1.82, 2.24) is 19.6 Å². The van der Waals surface area contributed by atoms with Gasteiger partial charge in [-0.3, -0.25) is 0 Å². The fraction of sp³-hybridized carbons (Fsp3) is 0.100. The molecule has 0 fully saturated rings. The van der Waals surface area contributed by atoms with E-state index in [1.807, 2.05) is 45.8 Å². The molecular weight excluding hydrogens is 328 g/mol. The molecule has 0 bridgehead atoms. The van der Waals surface area contributed by atoms with Crippen molar-refractivity contribution in [3.05, 3.63) is 72.1 Å². The molecule has 5 aromatic rings. The van der Waals surface area contributed by atoms with Crippen LogP contribution in [0.5, 0.6) is 0 Å². The average Bonchev–Trinajstić information content (AvgIpc) is 3.28. The molecule has 0 radical (unpaired) electrons.